The highest BCUT2D eigenvalue weighted by molar-refractivity contribution is 5.42. The van der Waals surface area contributed by atoms with Gasteiger partial charge in [0.05, 0.1) is 5.60 Å². The van der Waals surface area contributed by atoms with Crippen LogP contribution in [0.3, 0.4) is 0 Å². The third-order valence-electron chi connectivity index (χ3n) is 2.44. The molecule has 13 heavy (non-hydrogen) atoms. The second-order valence-corrected chi connectivity index (χ2v) is 3.52. The van der Waals surface area contributed by atoms with Gasteiger partial charge in [0.15, 0.2) is 0 Å². The molecule has 0 saturated heterocycles. The predicted octanol–water partition coefficient (Wildman–Crippen LogP) is 1.84. The Balaban J connectivity index is 2.43. The standard InChI is InChI=1S/C10H11FO2/c11-6-7-1-2-9(12)8(5-7)10(13)3-4-10/h1-2,5,12-13H,3-4,6H2. The molecular formula is C10H11FO2. The highest BCUT2D eigenvalue weighted by atomic mass is 19.1. The topological polar surface area (TPSA) is 40.5 Å². The summed E-state index contributed by atoms with van der Waals surface area (Å²) in [4.78, 5) is 0. The van der Waals surface area contributed by atoms with E-state index in [0.29, 0.717) is 24.0 Å². The maximum absolute atomic E-state index is 12.3. The van der Waals surface area contributed by atoms with Gasteiger partial charge in [0.25, 0.3) is 0 Å². The minimum absolute atomic E-state index is 0.0530. The Hall–Kier alpha value is -1.09. The van der Waals surface area contributed by atoms with E-state index < -0.39 is 12.3 Å². The second-order valence-electron chi connectivity index (χ2n) is 3.52. The molecule has 1 fully saturated rings. The van der Waals surface area contributed by atoms with Gasteiger partial charge in [-0.25, -0.2) is 4.39 Å². The monoisotopic (exact) mass is 182 g/mol. The van der Waals surface area contributed by atoms with Crippen molar-refractivity contribution in [2.45, 2.75) is 25.1 Å². The predicted molar refractivity (Wildman–Crippen MR) is 46.0 cm³/mol. The lowest BCUT2D eigenvalue weighted by molar-refractivity contribution is 0.147. The van der Waals surface area contributed by atoms with Crippen LogP contribution in [-0.2, 0) is 12.3 Å². The van der Waals surface area contributed by atoms with E-state index in [4.69, 9.17) is 0 Å². The van der Waals surface area contributed by atoms with Gasteiger partial charge in [-0.3, -0.25) is 0 Å². The number of benzene rings is 1. The first-order valence-corrected chi connectivity index (χ1v) is 4.26. The fourth-order valence-electron chi connectivity index (χ4n) is 1.43. The Morgan fingerprint density at radius 3 is 2.62 bits per heavy atom. The van der Waals surface area contributed by atoms with E-state index in [2.05, 4.69) is 0 Å². The summed E-state index contributed by atoms with van der Waals surface area (Å²) < 4.78 is 12.3. The second kappa shape index (κ2) is 2.70. The van der Waals surface area contributed by atoms with Crippen molar-refractivity contribution in [2.24, 2.45) is 0 Å². The molecule has 70 valence electrons. The fourth-order valence-corrected chi connectivity index (χ4v) is 1.43. The number of aromatic hydroxyl groups is 1. The van der Waals surface area contributed by atoms with Crippen LogP contribution in [0.1, 0.15) is 24.0 Å². The zero-order chi connectivity index (χ0) is 9.47. The van der Waals surface area contributed by atoms with Gasteiger partial charge in [-0.15, -0.1) is 0 Å². The van der Waals surface area contributed by atoms with Gasteiger partial charge >= 0.3 is 0 Å². The van der Waals surface area contributed by atoms with E-state index in [1.165, 1.54) is 18.2 Å². The van der Waals surface area contributed by atoms with E-state index in [1.807, 2.05) is 0 Å². The van der Waals surface area contributed by atoms with E-state index >= 15 is 0 Å². The SMILES string of the molecule is Oc1ccc(CF)cc1C1(O)CC1. The molecule has 2 nitrogen and oxygen atoms in total. The average Bonchev–Trinajstić information content (AvgIpc) is 2.86. The Kier molecular flexibility index (Phi) is 1.77. The van der Waals surface area contributed by atoms with Gasteiger partial charge in [-0.2, -0.15) is 0 Å². The molecule has 0 bridgehead atoms. The largest absolute Gasteiger partial charge is 0.508 e. The van der Waals surface area contributed by atoms with Crippen molar-refractivity contribution in [1.29, 1.82) is 0 Å². The Morgan fingerprint density at radius 2 is 2.08 bits per heavy atom. The van der Waals surface area contributed by atoms with Gasteiger partial charge < -0.3 is 10.2 Å². The molecule has 0 aromatic heterocycles. The number of phenolic OH excluding ortho intramolecular Hbond substituents is 1. The zero-order valence-electron chi connectivity index (χ0n) is 7.13. The summed E-state index contributed by atoms with van der Waals surface area (Å²) in [5.41, 5.74) is 0.0608. The molecule has 0 unspecified atom stereocenters. The first-order valence-electron chi connectivity index (χ1n) is 4.26. The van der Waals surface area contributed by atoms with E-state index in [-0.39, 0.29) is 5.75 Å². The number of alkyl halides is 1. The highest BCUT2D eigenvalue weighted by Gasteiger charge is 2.44. The van der Waals surface area contributed by atoms with E-state index in [1.54, 1.807) is 0 Å². The maximum Gasteiger partial charge on any atom is 0.121 e. The molecule has 1 aliphatic rings. The van der Waals surface area contributed by atoms with Crippen LogP contribution in [0.4, 0.5) is 4.39 Å². The van der Waals surface area contributed by atoms with Gasteiger partial charge in [-0.05, 0) is 30.5 Å². The molecule has 0 heterocycles. The normalized spacial score (nSPS) is 18.6. The Bertz CT molecular complexity index is 332. The van der Waals surface area contributed by atoms with Crippen molar-refractivity contribution in [1.82, 2.24) is 0 Å². The molecule has 2 rings (SSSR count). The van der Waals surface area contributed by atoms with Crippen molar-refractivity contribution >= 4 is 0 Å². The van der Waals surface area contributed by atoms with E-state index in [0.717, 1.165) is 0 Å². The zero-order valence-corrected chi connectivity index (χ0v) is 7.13. The van der Waals surface area contributed by atoms with Crippen LogP contribution in [0.15, 0.2) is 18.2 Å². The van der Waals surface area contributed by atoms with Crippen molar-refractivity contribution in [3.05, 3.63) is 29.3 Å². The summed E-state index contributed by atoms with van der Waals surface area (Å²) in [7, 11) is 0. The number of hydrogen-bond donors (Lipinski definition) is 2. The van der Waals surface area contributed by atoms with Crippen molar-refractivity contribution in [3.63, 3.8) is 0 Å². The van der Waals surface area contributed by atoms with E-state index in [9.17, 15) is 14.6 Å². The quantitative estimate of drug-likeness (QED) is 0.732. The molecule has 1 aliphatic carbocycles. The average molecular weight is 182 g/mol. The minimum atomic E-state index is -0.894. The van der Waals surface area contributed by atoms with Crippen LogP contribution in [-0.4, -0.2) is 10.2 Å². The number of aliphatic hydroxyl groups is 1. The molecule has 2 N–H and O–H groups in total. The molecule has 0 amide bonds. The van der Waals surface area contributed by atoms with Crippen LogP contribution in [0, 0.1) is 0 Å². The van der Waals surface area contributed by atoms with Crippen LogP contribution in [0.5, 0.6) is 5.75 Å². The Morgan fingerprint density at radius 1 is 1.38 bits per heavy atom. The summed E-state index contributed by atoms with van der Waals surface area (Å²) in [6.45, 7) is -0.566. The lowest BCUT2D eigenvalue weighted by atomic mass is 10.0. The first-order chi connectivity index (χ1) is 6.15. The van der Waals surface area contributed by atoms with Gasteiger partial charge in [0, 0.05) is 5.56 Å². The minimum Gasteiger partial charge on any atom is -0.508 e. The molecule has 0 spiro atoms. The lowest BCUT2D eigenvalue weighted by Crippen LogP contribution is -2.04. The molecule has 3 heteroatoms. The smallest absolute Gasteiger partial charge is 0.121 e. The van der Waals surface area contributed by atoms with Crippen LogP contribution >= 0.6 is 0 Å². The molecule has 1 saturated carbocycles. The number of phenols is 1. The third-order valence-corrected chi connectivity index (χ3v) is 2.44. The summed E-state index contributed by atoms with van der Waals surface area (Å²) >= 11 is 0. The maximum atomic E-state index is 12.3. The summed E-state index contributed by atoms with van der Waals surface area (Å²) in [6.07, 6.45) is 1.30. The summed E-state index contributed by atoms with van der Waals surface area (Å²) in [5.74, 6) is 0.0530. The summed E-state index contributed by atoms with van der Waals surface area (Å²) in [5, 5.41) is 19.1. The van der Waals surface area contributed by atoms with Crippen molar-refractivity contribution in [2.75, 3.05) is 0 Å². The number of halogens is 1. The first kappa shape index (κ1) is 8.51. The number of hydrogen-bond acceptors (Lipinski definition) is 2. The van der Waals surface area contributed by atoms with Gasteiger partial charge in [0.1, 0.15) is 12.4 Å². The number of rotatable bonds is 2. The fraction of sp³-hybridized carbons (Fsp3) is 0.400. The molecule has 0 aliphatic heterocycles. The molecular weight excluding hydrogens is 171 g/mol. The molecule has 0 atom stereocenters. The van der Waals surface area contributed by atoms with Crippen LogP contribution in [0.2, 0.25) is 0 Å². The van der Waals surface area contributed by atoms with Crippen LogP contribution in [0.25, 0.3) is 0 Å². The Labute approximate surface area is 75.6 Å². The van der Waals surface area contributed by atoms with Crippen molar-refractivity contribution < 1.29 is 14.6 Å². The molecule has 1 aromatic rings. The third kappa shape index (κ3) is 1.40. The lowest BCUT2D eigenvalue weighted by Gasteiger charge is -2.10. The van der Waals surface area contributed by atoms with Gasteiger partial charge in [0.2, 0.25) is 0 Å². The summed E-state index contributed by atoms with van der Waals surface area (Å²) in [6, 6.07) is 4.48. The molecule has 1 aromatic carbocycles. The molecule has 0 radical (unpaired) electrons. The van der Waals surface area contributed by atoms with Crippen LogP contribution < -0.4 is 0 Å². The highest BCUT2D eigenvalue weighted by Crippen LogP contribution is 2.48. The van der Waals surface area contributed by atoms with Gasteiger partial charge in [-0.1, -0.05) is 6.07 Å². The van der Waals surface area contributed by atoms with Crippen molar-refractivity contribution in [3.8, 4) is 5.75 Å².